The van der Waals surface area contributed by atoms with Gasteiger partial charge in [0.2, 0.25) is 0 Å². The minimum absolute atomic E-state index is 0.498. The van der Waals surface area contributed by atoms with Crippen LogP contribution in [0.2, 0.25) is 0 Å². The van der Waals surface area contributed by atoms with E-state index in [9.17, 15) is 0 Å². The topological polar surface area (TPSA) is 0 Å². The van der Waals surface area contributed by atoms with Gasteiger partial charge in [-0.15, -0.1) is 11.6 Å². The third-order valence-electron chi connectivity index (χ3n) is 6.61. The number of hydrogen-bond donors (Lipinski definition) is 0. The first-order valence-corrected chi connectivity index (χ1v) is 9.94. The van der Waals surface area contributed by atoms with Crippen molar-refractivity contribution in [3.8, 4) is 0 Å². The van der Waals surface area contributed by atoms with E-state index in [1.54, 1.807) is 0 Å². The van der Waals surface area contributed by atoms with Crippen molar-refractivity contribution in [2.24, 2.45) is 23.7 Å². The van der Waals surface area contributed by atoms with Gasteiger partial charge in [0.1, 0.15) is 0 Å². The Bertz CT molecular complexity index is 257. The van der Waals surface area contributed by atoms with E-state index in [0.29, 0.717) is 5.38 Å². The lowest BCUT2D eigenvalue weighted by atomic mass is 9.62. The van der Waals surface area contributed by atoms with Crippen LogP contribution in [-0.4, -0.2) is 5.38 Å². The zero-order valence-corrected chi connectivity index (χ0v) is 13.9. The summed E-state index contributed by atoms with van der Waals surface area (Å²) in [5.74, 6) is 3.89. The van der Waals surface area contributed by atoms with E-state index in [-0.39, 0.29) is 0 Å². The van der Waals surface area contributed by atoms with Gasteiger partial charge in [0.25, 0.3) is 0 Å². The Morgan fingerprint density at radius 3 is 1.50 bits per heavy atom. The van der Waals surface area contributed by atoms with E-state index >= 15 is 0 Å². The molecule has 0 aromatic rings. The molecular weight excluding hydrogens is 264 g/mol. The predicted octanol–water partition coefficient (Wildman–Crippen LogP) is 6.56. The molecule has 20 heavy (non-hydrogen) atoms. The third kappa shape index (κ3) is 3.54. The summed E-state index contributed by atoms with van der Waals surface area (Å²) in [7, 11) is 0. The van der Waals surface area contributed by atoms with Crippen LogP contribution in [0, 0.1) is 23.7 Å². The molecule has 0 aromatic carbocycles. The fourth-order valence-corrected chi connectivity index (χ4v) is 6.12. The van der Waals surface area contributed by atoms with Gasteiger partial charge in [-0.25, -0.2) is 0 Å². The summed E-state index contributed by atoms with van der Waals surface area (Å²) in [6.45, 7) is 0. The third-order valence-corrected chi connectivity index (χ3v) is 7.16. The number of alkyl halides is 1. The highest BCUT2D eigenvalue weighted by Gasteiger charge is 2.40. The van der Waals surface area contributed by atoms with E-state index in [4.69, 9.17) is 11.6 Å². The fraction of sp³-hybridized carbons (Fsp3) is 1.00. The van der Waals surface area contributed by atoms with Crippen molar-refractivity contribution >= 4 is 11.6 Å². The van der Waals surface area contributed by atoms with Crippen molar-refractivity contribution < 1.29 is 0 Å². The van der Waals surface area contributed by atoms with Crippen molar-refractivity contribution in [1.82, 2.24) is 0 Å². The molecule has 0 N–H and O–H groups in total. The predicted molar refractivity (Wildman–Crippen MR) is 88.2 cm³/mol. The maximum atomic E-state index is 6.82. The smallest absolute Gasteiger partial charge is 0.0367 e. The van der Waals surface area contributed by atoms with Gasteiger partial charge < -0.3 is 0 Å². The van der Waals surface area contributed by atoms with Gasteiger partial charge >= 0.3 is 0 Å². The summed E-state index contributed by atoms with van der Waals surface area (Å²) in [5.41, 5.74) is 0. The van der Waals surface area contributed by atoms with E-state index in [1.807, 2.05) is 0 Å². The van der Waals surface area contributed by atoms with Gasteiger partial charge in [-0.3, -0.25) is 0 Å². The molecule has 0 heterocycles. The summed E-state index contributed by atoms with van der Waals surface area (Å²) >= 11 is 6.82. The normalized spacial score (nSPS) is 34.5. The first kappa shape index (κ1) is 15.2. The second-order valence-corrected chi connectivity index (χ2v) is 8.40. The highest BCUT2D eigenvalue weighted by atomic mass is 35.5. The molecule has 0 aliphatic heterocycles. The average Bonchev–Trinajstić information content (AvgIpc) is 2.52. The molecule has 0 radical (unpaired) electrons. The quantitative estimate of drug-likeness (QED) is 0.517. The van der Waals surface area contributed by atoms with Crippen LogP contribution in [0.3, 0.4) is 0 Å². The van der Waals surface area contributed by atoms with Crippen LogP contribution in [-0.2, 0) is 0 Å². The largest absolute Gasteiger partial charge is 0.123 e. The van der Waals surface area contributed by atoms with Crippen LogP contribution in [0.1, 0.15) is 89.9 Å². The molecule has 3 aliphatic rings. The van der Waals surface area contributed by atoms with Crippen LogP contribution >= 0.6 is 11.6 Å². The molecule has 0 unspecified atom stereocenters. The Balaban J connectivity index is 1.73. The maximum absolute atomic E-state index is 6.82. The van der Waals surface area contributed by atoms with Crippen molar-refractivity contribution in [2.75, 3.05) is 0 Å². The van der Waals surface area contributed by atoms with Gasteiger partial charge in [-0.05, 0) is 36.5 Å². The summed E-state index contributed by atoms with van der Waals surface area (Å²) in [6.07, 6.45) is 20.6. The monoisotopic (exact) mass is 296 g/mol. The molecule has 0 spiro atoms. The summed E-state index contributed by atoms with van der Waals surface area (Å²) in [5, 5.41) is 0.498. The van der Waals surface area contributed by atoms with E-state index < -0.39 is 0 Å². The molecule has 0 saturated heterocycles. The van der Waals surface area contributed by atoms with Gasteiger partial charge in [0, 0.05) is 5.38 Å². The van der Waals surface area contributed by atoms with Crippen molar-refractivity contribution in [3.05, 3.63) is 0 Å². The second kappa shape index (κ2) is 7.52. The lowest BCUT2D eigenvalue weighted by Gasteiger charge is -2.45. The van der Waals surface area contributed by atoms with Gasteiger partial charge in [-0.1, -0.05) is 77.0 Å². The lowest BCUT2D eigenvalue weighted by molar-refractivity contribution is 0.0695. The van der Waals surface area contributed by atoms with Crippen molar-refractivity contribution in [2.45, 2.75) is 95.3 Å². The standard InChI is InChI=1S/C19H33Cl/c20-18-14-8-7-13-17(18)19(15-9-3-1-4-10-15)16-11-5-2-6-12-16/h15-19H,1-14H2/t17-,18+/m1/s1. The molecule has 0 bridgehead atoms. The minimum Gasteiger partial charge on any atom is -0.123 e. The summed E-state index contributed by atoms with van der Waals surface area (Å²) in [4.78, 5) is 0. The molecule has 3 saturated carbocycles. The number of hydrogen-bond acceptors (Lipinski definition) is 0. The Morgan fingerprint density at radius 1 is 0.550 bits per heavy atom. The van der Waals surface area contributed by atoms with Crippen LogP contribution in [0.4, 0.5) is 0 Å². The highest BCUT2D eigenvalue weighted by Crippen LogP contribution is 2.48. The zero-order valence-electron chi connectivity index (χ0n) is 13.2. The molecule has 3 fully saturated rings. The van der Waals surface area contributed by atoms with Gasteiger partial charge in [0.15, 0.2) is 0 Å². The second-order valence-electron chi connectivity index (χ2n) is 7.84. The van der Waals surface area contributed by atoms with Gasteiger partial charge in [-0.2, -0.15) is 0 Å². The van der Waals surface area contributed by atoms with Crippen LogP contribution in [0.5, 0.6) is 0 Å². The van der Waals surface area contributed by atoms with Gasteiger partial charge in [0.05, 0.1) is 0 Å². The maximum Gasteiger partial charge on any atom is 0.0367 e. The Kier molecular flexibility index (Phi) is 5.72. The van der Waals surface area contributed by atoms with Crippen molar-refractivity contribution in [1.29, 1.82) is 0 Å². The Hall–Kier alpha value is 0.290. The van der Waals surface area contributed by atoms with Crippen LogP contribution in [0.15, 0.2) is 0 Å². The lowest BCUT2D eigenvalue weighted by Crippen LogP contribution is -2.38. The van der Waals surface area contributed by atoms with Crippen LogP contribution < -0.4 is 0 Å². The number of rotatable bonds is 3. The number of halogens is 1. The molecule has 3 aliphatic carbocycles. The molecular formula is C19H33Cl. The molecule has 116 valence electrons. The first-order chi connectivity index (χ1) is 9.86. The SMILES string of the molecule is Cl[C@H]1CCCC[C@H]1C(C1CCCCC1)C1CCCCC1. The van der Waals surface area contributed by atoms with E-state index in [2.05, 4.69) is 0 Å². The highest BCUT2D eigenvalue weighted by molar-refractivity contribution is 6.20. The molecule has 1 heteroatoms. The first-order valence-electron chi connectivity index (χ1n) is 9.50. The molecule has 2 atom stereocenters. The summed E-state index contributed by atoms with van der Waals surface area (Å²) < 4.78 is 0. The Labute approximate surface area is 131 Å². The zero-order chi connectivity index (χ0) is 13.8. The van der Waals surface area contributed by atoms with Crippen LogP contribution in [0.25, 0.3) is 0 Å². The van der Waals surface area contributed by atoms with E-state index in [0.717, 1.165) is 23.7 Å². The van der Waals surface area contributed by atoms with Crippen molar-refractivity contribution in [3.63, 3.8) is 0 Å². The fourth-order valence-electron chi connectivity index (χ4n) is 5.67. The average molecular weight is 297 g/mol. The summed E-state index contributed by atoms with van der Waals surface area (Å²) in [6, 6.07) is 0. The molecule has 0 amide bonds. The Morgan fingerprint density at radius 2 is 1.00 bits per heavy atom. The molecule has 3 rings (SSSR count). The van der Waals surface area contributed by atoms with E-state index in [1.165, 1.54) is 89.9 Å². The minimum atomic E-state index is 0.498. The molecule has 0 aromatic heterocycles. The molecule has 0 nitrogen and oxygen atoms in total.